The minimum atomic E-state index is -0.557. The first kappa shape index (κ1) is 16.8. The first-order valence-electron chi connectivity index (χ1n) is 6.14. The Kier molecular flexibility index (Phi) is 6.10. The number of halogens is 3. The second-order valence-corrected chi connectivity index (χ2v) is 7.80. The summed E-state index contributed by atoms with van der Waals surface area (Å²) in [6.07, 6.45) is 0. The average molecular weight is 454 g/mol. The molecule has 0 fully saturated rings. The Labute approximate surface area is 148 Å². The van der Waals surface area contributed by atoms with Gasteiger partial charge in [0, 0.05) is 20.1 Å². The van der Waals surface area contributed by atoms with E-state index in [1.54, 1.807) is 19.1 Å². The van der Waals surface area contributed by atoms with Gasteiger partial charge in [-0.05, 0) is 69.1 Å². The largest absolute Gasteiger partial charge is 0.464 e. The van der Waals surface area contributed by atoms with Crippen molar-refractivity contribution in [3.63, 3.8) is 0 Å². The van der Waals surface area contributed by atoms with E-state index in [0.29, 0.717) is 11.6 Å². The van der Waals surface area contributed by atoms with Gasteiger partial charge in [0.05, 0.1) is 10.4 Å². The fourth-order valence-electron chi connectivity index (χ4n) is 1.69. The summed E-state index contributed by atoms with van der Waals surface area (Å²) in [4.78, 5) is 13.1. The summed E-state index contributed by atoms with van der Waals surface area (Å²) in [5, 5.41) is 3.83. The molecule has 0 aliphatic heterocycles. The number of thiophene rings is 1. The van der Waals surface area contributed by atoms with Crippen molar-refractivity contribution in [2.75, 3.05) is 11.9 Å². The van der Waals surface area contributed by atoms with Crippen LogP contribution in [0.3, 0.4) is 0 Å². The molecule has 21 heavy (non-hydrogen) atoms. The Morgan fingerprint density at radius 1 is 1.38 bits per heavy atom. The lowest BCUT2D eigenvalue weighted by Crippen LogP contribution is -2.22. The Bertz CT molecular complexity index is 611. The van der Waals surface area contributed by atoms with Gasteiger partial charge in [0.2, 0.25) is 0 Å². The maximum Gasteiger partial charge on any atom is 0.334 e. The lowest BCUT2D eigenvalue weighted by molar-refractivity contribution is -0.144. The molecule has 0 saturated heterocycles. The molecule has 1 aromatic carbocycles. The van der Waals surface area contributed by atoms with E-state index in [1.807, 2.05) is 18.2 Å². The third-order valence-corrected chi connectivity index (χ3v) is 6.20. The highest BCUT2D eigenvalue weighted by molar-refractivity contribution is 9.13. The van der Waals surface area contributed by atoms with E-state index in [-0.39, 0.29) is 5.97 Å². The van der Waals surface area contributed by atoms with Gasteiger partial charge in [-0.2, -0.15) is 0 Å². The van der Waals surface area contributed by atoms with E-state index >= 15 is 0 Å². The highest BCUT2D eigenvalue weighted by Crippen LogP contribution is 2.37. The van der Waals surface area contributed by atoms with Crippen molar-refractivity contribution in [3.8, 4) is 0 Å². The van der Waals surface area contributed by atoms with Gasteiger partial charge in [-0.25, -0.2) is 4.79 Å². The van der Waals surface area contributed by atoms with Gasteiger partial charge in [0.1, 0.15) is 0 Å². The third kappa shape index (κ3) is 4.45. The van der Waals surface area contributed by atoms with Crippen molar-refractivity contribution in [2.45, 2.75) is 13.0 Å². The van der Waals surface area contributed by atoms with E-state index in [9.17, 15) is 4.79 Å². The van der Waals surface area contributed by atoms with Crippen molar-refractivity contribution in [1.29, 1.82) is 0 Å². The highest BCUT2D eigenvalue weighted by atomic mass is 79.9. The minimum absolute atomic E-state index is 0.311. The Morgan fingerprint density at radius 2 is 2.05 bits per heavy atom. The van der Waals surface area contributed by atoms with E-state index in [4.69, 9.17) is 16.3 Å². The monoisotopic (exact) mass is 451 g/mol. The topological polar surface area (TPSA) is 38.3 Å². The Hall–Kier alpha value is -0.560. The first-order valence-corrected chi connectivity index (χ1v) is 8.92. The number of anilines is 1. The zero-order valence-electron chi connectivity index (χ0n) is 11.0. The van der Waals surface area contributed by atoms with Crippen LogP contribution in [0.4, 0.5) is 5.69 Å². The number of hydrogen-bond acceptors (Lipinski definition) is 4. The van der Waals surface area contributed by atoms with Gasteiger partial charge in [0.15, 0.2) is 6.04 Å². The molecule has 0 amide bonds. The molecule has 2 rings (SSSR count). The third-order valence-electron chi connectivity index (χ3n) is 2.63. The molecular formula is C14H12Br2ClNO2S. The number of carbonyl (C=O) groups excluding carboxylic acids is 1. The molecule has 0 saturated carbocycles. The maximum atomic E-state index is 12.2. The molecule has 2 aromatic rings. The predicted molar refractivity (Wildman–Crippen MR) is 94.2 cm³/mol. The lowest BCUT2D eigenvalue weighted by Gasteiger charge is -2.17. The van der Waals surface area contributed by atoms with Crippen LogP contribution in [0, 0.1) is 0 Å². The molecule has 0 bridgehead atoms. The lowest BCUT2D eigenvalue weighted by atomic mass is 10.2. The van der Waals surface area contributed by atoms with Gasteiger partial charge >= 0.3 is 5.97 Å². The normalized spacial score (nSPS) is 12.0. The molecule has 3 nitrogen and oxygen atoms in total. The molecule has 0 radical (unpaired) electrons. The molecule has 0 spiro atoms. The summed E-state index contributed by atoms with van der Waals surface area (Å²) in [7, 11) is 0. The summed E-state index contributed by atoms with van der Waals surface area (Å²) >= 11 is 14.2. The highest BCUT2D eigenvalue weighted by Gasteiger charge is 2.24. The number of nitrogens with one attached hydrogen (secondary N) is 1. The second-order valence-electron chi connectivity index (χ2n) is 4.11. The van der Waals surface area contributed by atoms with Gasteiger partial charge in [-0.1, -0.05) is 11.6 Å². The van der Waals surface area contributed by atoms with Crippen LogP contribution in [0.1, 0.15) is 17.8 Å². The number of hydrogen-bond donors (Lipinski definition) is 1. The molecule has 1 N–H and O–H groups in total. The fraction of sp³-hybridized carbons (Fsp3) is 0.214. The summed E-state index contributed by atoms with van der Waals surface area (Å²) in [5.74, 6) is -0.311. The number of rotatable bonds is 5. The van der Waals surface area contributed by atoms with Crippen molar-refractivity contribution < 1.29 is 9.53 Å². The molecule has 0 aliphatic carbocycles. The summed E-state index contributed by atoms with van der Waals surface area (Å²) in [6.45, 7) is 2.13. The van der Waals surface area contributed by atoms with Crippen LogP contribution in [-0.2, 0) is 9.53 Å². The number of ether oxygens (including phenoxy) is 1. The molecule has 1 aromatic heterocycles. The van der Waals surface area contributed by atoms with Gasteiger partial charge in [0.25, 0.3) is 0 Å². The average Bonchev–Trinajstić information content (AvgIpc) is 2.78. The van der Waals surface area contributed by atoms with E-state index in [1.165, 1.54) is 11.3 Å². The smallest absolute Gasteiger partial charge is 0.334 e. The standard InChI is InChI=1S/C14H12Br2ClNO2S/c1-2-20-14(19)12(11-7-10(15)13(16)21-11)18-9-5-3-8(17)4-6-9/h3-7,12,18H,2H2,1H3. The van der Waals surface area contributed by atoms with E-state index in [2.05, 4.69) is 37.2 Å². The van der Waals surface area contributed by atoms with Crippen LogP contribution < -0.4 is 5.32 Å². The SMILES string of the molecule is CCOC(=O)C(Nc1ccc(Cl)cc1)c1cc(Br)c(Br)s1. The van der Waals surface area contributed by atoms with Crippen LogP contribution in [0.5, 0.6) is 0 Å². The summed E-state index contributed by atoms with van der Waals surface area (Å²) in [5.41, 5.74) is 0.804. The van der Waals surface area contributed by atoms with Crippen LogP contribution in [-0.4, -0.2) is 12.6 Å². The zero-order valence-corrected chi connectivity index (χ0v) is 15.8. The fourth-order valence-corrected chi connectivity index (χ4v) is 3.95. The minimum Gasteiger partial charge on any atom is -0.464 e. The quantitative estimate of drug-likeness (QED) is 0.595. The predicted octanol–water partition coefficient (Wildman–Crippen LogP) is 5.64. The number of carbonyl (C=O) groups is 1. The molecule has 0 aliphatic rings. The van der Waals surface area contributed by atoms with E-state index in [0.717, 1.165) is 18.8 Å². The van der Waals surface area contributed by atoms with E-state index < -0.39 is 6.04 Å². The zero-order chi connectivity index (χ0) is 15.4. The van der Waals surface area contributed by atoms with Gasteiger partial charge in [-0.3, -0.25) is 0 Å². The van der Waals surface area contributed by atoms with Gasteiger partial charge < -0.3 is 10.1 Å². The van der Waals surface area contributed by atoms with Crippen LogP contribution in [0.2, 0.25) is 5.02 Å². The number of benzene rings is 1. The molecule has 1 unspecified atom stereocenters. The van der Waals surface area contributed by atoms with Crippen molar-refractivity contribution >= 4 is 66.5 Å². The summed E-state index contributed by atoms with van der Waals surface area (Å²) < 4.78 is 7.00. The van der Waals surface area contributed by atoms with Gasteiger partial charge in [-0.15, -0.1) is 11.3 Å². The Morgan fingerprint density at radius 3 is 2.57 bits per heavy atom. The number of esters is 1. The Balaban J connectivity index is 2.27. The van der Waals surface area contributed by atoms with Crippen LogP contribution >= 0.6 is 54.8 Å². The van der Waals surface area contributed by atoms with Crippen molar-refractivity contribution in [2.24, 2.45) is 0 Å². The second kappa shape index (κ2) is 7.63. The molecule has 7 heteroatoms. The van der Waals surface area contributed by atoms with Crippen molar-refractivity contribution in [3.05, 3.63) is 48.5 Å². The maximum absolute atomic E-state index is 12.2. The molecule has 1 atom stereocenters. The molecule has 1 heterocycles. The molecular weight excluding hydrogens is 441 g/mol. The van der Waals surface area contributed by atoms with Crippen LogP contribution in [0.25, 0.3) is 0 Å². The van der Waals surface area contributed by atoms with Crippen LogP contribution in [0.15, 0.2) is 38.6 Å². The summed E-state index contributed by atoms with van der Waals surface area (Å²) in [6, 6.07) is 8.54. The van der Waals surface area contributed by atoms with Crippen molar-refractivity contribution in [1.82, 2.24) is 0 Å². The molecule has 112 valence electrons. The first-order chi connectivity index (χ1) is 10.0.